The largest absolute Gasteiger partial charge is 0.480 e. The Hall–Kier alpha value is -2.30. The molecule has 0 radical (unpaired) electrons. The lowest BCUT2D eigenvalue weighted by molar-refractivity contribution is -0.147. The van der Waals surface area contributed by atoms with Gasteiger partial charge in [0.15, 0.2) is 6.04 Å². The molecule has 0 aliphatic carbocycles. The monoisotopic (exact) mass is 617 g/mol. The van der Waals surface area contributed by atoms with Crippen molar-refractivity contribution >= 4 is 25.7 Å². The smallest absolute Gasteiger partial charge is 0.472 e. The lowest BCUT2D eigenvalue weighted by atomic mass is 10.1. The maximum absolute atomic E-state index is 12.1. The zero-order chi connectivity index (χ0) is 31.5. The molecule has 242 valence electrons. The van der Waals surface area contributed by atoms with Gasteiger partial charge in [-0.2, -0.15) is 0 Å². The first-order valence-electron chi connectivity index (χ1n) is 15.0. The van der Waals surface area contributed by atoms with E-state index in [1.54, 1.807) is 0 Å². The molecule has 0 rings (SSSR count). The normalized spacial score (nSPS) is 14.8. The number of amides is 1. The molecule has 0 spiro atoms. The quantitative estimate of drug-likeness (QED) is 0.0385. The predicted molar refractivity (Wildman–Crippen MR) is 162 cm³/mol. The van der Waals surface area contributed by atoms with Crippen LogP contribution in [0.2, 0.25) is 0 Å². The van der Waals surface area contributed by atoms with E-state index in [4.69, 9.17) is 4.74 Å². The fourth-order valence-electron chi connectivity index (χ4n) is 3.56. The number of aliphatic hydroxyl groups is 1. The van der Waals surface area contributed by atoms with E-state index in [2.05, 4.69) is 64.7 Å². The average molecular weight is 618 g/mol. The molecule has 3 atom stereocenters. The van der Waals surface area contributed by atoms with E-state index in [1.807, 2.05) is 0 Å². The number of rotatable bonds is 27. The van der Waals surface area contributed by atoms with Crippen LogP contribution in [-0.2, 0) is 32.7 Å². The molecule has 42 heavy (non-hydrogen) atoms. The maximum Gasteiger partial charge on any atom is 0.472 e. The van der Waals surface area contributed by atoms with Gasteiger partial charge in [-0.15, -0.1) is 0 Å². The number of aliphatic hydroxyl groups excluding tert-OH is 1. The number of hydrogen-bond acceptors (Lipinski definition) is 8. The molecule has 0 aromatic rings. The van der Waals surface area contributed by atoms with Crippen molar-refractivity contribution in [3.05, 3.63) is 36.5 Å². The number of aliphatic carboxylic acids is 1. The van der Waals surface area contributed by atoms with Gasteiger partial charge >= 0.3 is 19.8 Å². The molecular formula is C30H52NO10P. The highest BCUT2D eigenvalue weighted by Crippen LogP contribution is 2.43. The SMILES string of the molecule is CC/C=C\C/C=C\C/C=C\CCCCCC(=O)OCC(O)COP(=O)(O)OCC(NC(=O)CCCCCCC)C(=O)O. The Morgan fingerprint density at radius 2 is 1.38 bits per heavy atom. The molecule has 0 saturated heterocycles. The molecule has 0 heterocycles. The number of unbranched alkanes of at least 4 members (excludes halogenated alkanes) is 7. The Labute approximate surface area is 251 Å². The summed E-state index contributed by atoms with van der Waals surface area (Å²) in [6.07, 6.45) is 22.6. The minimum absolute atomic E-state index is 0.138. The highest BCUT2D eigenvalue weighted by Gasteiger charge is 2.28. The van der Waals surface area contributed by atoms with Crippen LogP contribution in [0.25, 0.3) is 0 Å². The van der Waals surface area contributed by atoms with Gasteiger partial charge in [-0.3, -0.25) is 18.6 Å². The van der Waals surface area contributed by atoms with Crippen molar-refractivity contribution in [3.63, 3.8) is 0 Å². The van der Waals surface area contributed by atoms with Crippen molar-refractivity contribution in [2.24, 2.45) is 0 Å². The van der Waals surface area contributed by atoms with Crippen molar-refractivity contribution < 1.29 is 47.8 Å². The summed E-state index contributed by atoms with van der Waals surface area (Å²) in [6.45, 7) is 2.26. The number of esters is 1. The summed E-state index contributed by atoms with van der Waals surface area (Å²) in [7, 11) is -4.74. The lowest BCUT2D eigenvalue weighted by Gasteiger charge is -2.18. The standard InChI is InChI=1S/C30H52NO10P/c1-3-5-7-9-10-11-12-13-14-15-16-18-20-22-29(34)39-23-26(32)24-40-42(37,38)41-25-27(30(35)36)31-28(33)21-19-17-8-6-4-2/h5,7,10-11,13-14,26-27,32H,3-4,6,8-9,12,15-25H2,1-2H3,(H,31,33)(H,35,36)(H,37,38)/b7-5-,11-10-,14-13-. The number of carbonyl (C=O) groups excluding carboxylic acids is 2. The summed E-state index contributed by atoms with van der Waals surface area (Å²) >= 11 is 0. The van der Waals surface area contributed by atoms with Gasteiger partial charge < -0.3 is 25.2 Å². The Bertz CT molecular complexity index is 874. The number of phosphoric acid groups is 1. The third-order valence-corrected chi connectivity index (χ3v) is 6.89. The summed E-state index contributed by atoms with van der Waals surface area (Å²) in [4.78, 5) is 45.0. The van der Waals surface area contributed by atoms with Crippen LogP contribution >= 0.6 is 7.82 Å². The van der Waals surface area contributed by atoms with Crippen molar-refractivity contribution in [1.29, 1.82) is 0 Å². The molecule has 11 nitrogen and oxygen atoms in total. The number of carboxylic acid groups (broad SMARTS) is 1. The van der Waals surface area contributed by atoms with Gasteiger partial charge in [-0.1, -0.05) is 82.4 Å². The van der Waals surface area contributed by atoms with Gasteiger partial charge in [0.2, 0.25) is 5.91 Å². The van der Waals surface area contributed by atoms with E-state index >= 15 is 0 Å². The lowest BCUT2D eigenvalue weighted by Crippen LogP contribution is -2.43. The molecular weight excluding hydrogens is 565 g/mol. The van der Waals surface area contributed by atoms with Crippen molar-refractivity contribution in [2.75, 3.05) is 19.8 Å². The summed E-state index contributed by atoms with van der Waals surface area (Å²) in [5.41, 5.74) is 0. The molecule has 1 amide bonds. The van der Waals surface area contributed by atoms with Gasteiger partial charge in [0, 0.05) is 12.8 Å². The zero-order valence-corrected chi connectivity index (χ0v) is 26.2. The molecule has 0 aromatic heterocycles. The highest BCUT2D eigenvalue weighted by molar-refractivity contribution is 7.47. The minimum Gasteiger partial charge on any atom is -0.480 e. The first-order valence-corrected chi connectivity index (χ1v) is 16.5. The van der Waals surface area contributed by atoms with Gasteiger partial charge in [-0.25, -0.2) is 9.36 Å². The fraction of sp³-hybridized carbons (Fsp3) is 0.700. The predicted octanol–water partition coefficient (Wildman–Crippen LogP) is 5.76. The van der Waals surface area contributed by atoms with E-state index in [-0.39, 0.29) is 12.8 Å². The van der Waals surface area contributed by atoms with E-state index < -0.39 is 57.6 Å². The van der Waals surface area contributed by atoms with Crippen molar-refractivity contribution in [3.8, 4) is 0 Å². The van der Waals surface area contributed by atoms with Crippen LogP contribution in [0, 0.1) is 0 Å². The number of ether oxygens (including phenoxy) is 1. The average Bonchev–Trinajstić information content (AvgIpc) is 2.95. The summed E-state index contributed by atoms with van der Waals surface area (Å²) in [5.74, 6) is -2.43. The second-order valence-corrected chi connectivity index (χ2v) is 11.4. The molecule has 12 heteroatoms. The number of carboxylic acids is 1. The first kappa shape index (κ1) is 39.7. The molecule has 0 fully saturated rings. The molecule has 3 unspecified atom stereocenters. The number of nitrogens with one attached hydrogen (secondary N) is 1. The second kappa shape index (κ2) is 26.3. The van der Waals surface area contributed by atoms with E-state index in [1.165, 1.54) is 0 Å². The Morgan fingerprint density at radius 1 is 0.786 bits per heavy atom. The van der Waals surface area contributed by atoms with E-state index in [0.717, 1.165) is 64.2 Å². The Morgan fingerprint density at radius 3 is 2.05 bits per heavy atom. The van der Waals surface area contributed by atoms with Crippen LogP contribution in [0.1, 0.15) is 104 Å². The Balaban J connectivity index is 4.06. The number of allylic oxidation sites excluding steroid dienone is 6. The minimum atomic E-state index is -4.74. The van der Waals surface area contributed by atoms with Gasteiger partial charge in [0.25, 0.3) is 0 Å². The second-order valence-electron chi connectivity index (χ2n) is 9.91. The van der Waals surface area contributed by atoms with E-state index in [9.17, 15) is 34.1 Å². The number of hydrogen-bond donors (Lipinski definition) is 4. The van der Waals surface area contributed by atoms with Crippen molar-refractivity contribution in [2.45, 2.75) is 116 Å². The van der Waals surface area contributed by atoms with Crippen LogP contribution in [0.5, 0.6) is 0 Å². The fourth-order valence-corrected chi connectivity index (χ4v) is 4.33. The van der Waals surface area contributed by atoms with Gasteiger partial charge in [-0.05, 0) is 44.9 Å². The number of phosphoric ester groups is 1. The first-order chi connectivity index (χ1) is 20.1. The van der Waals surface area contributed by atoms with Crippen LogP contribution in [0.4, 0.5) is 0 Å². The molecule has 0 bridgehead atoms. The summed E-state index contributed by atoms with van der Waals surface area (Å²) in [6, 6.07) is -1.54. The van der Waals surface area contributed by atoms with Crippen molar-refractivity contribution in [1.82, 2.24) is 5.32 Å². The molecule has 0 saturated carbocycles. The van der Waals surface area contributed by atoms with Crippen LogP contribution in [0.3, 0.4) is 0 Å². The highest BCUT2D eigenvalue weighted by atomic mass is 31.2. The third-order valence-electron chi connectivity index (χ3n) is 5.94. The number of carbonyl (C=O) groups is 3. The molecule has 4 N–H and O–H groups in total. The van der Waals surface area contributed by atoms with Crippen LogP contribution in [-0.4, -0.2) is 64.9 Å². The summed E-state index contributed by atoms with van der Waals surface area (Å²) in [5, 5.41) is 21.4. The van der Waals surface area contributed by atoms with Gasteiger partial charge in [0.1, 0.15) is 12.7 Å². The van der Waals surface area contributed by atoms with E-state index in [0.29, 0.717) is 12.8 Å². The maximum atomic E-state index is 12.1. The topological polar surface area (TPSA) is 169 Å². The van der Waals surface area contributed by atoms with Crippen LogP contribution < -0.4 is 5.32 Å². The molecule has 0 aliphatic heterocycles. The molecule has 0 aromatic carbocycles. The molecule has 0 aliphatic rings. The Kier molecular flexibility index (Phi) is 24.9. The third kappa shape index (κ3) is 25.4. The summed E-state index contributed by atoms with van der Waals surface area (Å²) < 4.78 is 26.4. The zero-order valence-electron chi connectivity index (χ0n) is 25.3. The van der Waals surface area contributed by atoms with Gasteiger partial charge in [0.05, 0.1) is 13.2 Å². The van der Waals surface area contributed by atoms with Crippen LogP contribution in [0.15, 0.2) is 36.5 Å².